The molecular weight excluding hydrogens is 256 g/mol. The van der Waals surface area contributed by atoms with E-state index in [1.54, 1.807) is 0 Å². The number of amides is 2. The van der Waals surface area contributed by atoms with Gasteiger partial charge in [0, 0.05) is 18.4 Å². The van der Waals surface area contributed by atoms with E-state index in [2.05, 4.69) is 0 Å². The molecule has 0 radical (unpaired) electrons. The number of piperidine rings is 1. The van der Waals surface area contributed by atoms with Crippen molar-refractivity contribution in [3.63, 3.8) is 0 Å². The van der Waals surface area contributed by atoms with Crippen LogP contribution in [0, 0.1) is 17.2 Å². The van der Waals surface area contributed by atoms with Crippen LogP contribution in [0.3, 0.4) is 0 Å². The number of Topliss-reactive ketones (excluding diaryl/α,β-unsaturated/α-hetero) is 1. The van der Waals surface area contributed by atoms with Crippen LogP contribution >= 0.6 is 0 Å². The average molecular weight is 270 g/mol. The molecule has 1 aliphatic heterocycles. The number of carbonyl (C=O) groups is 3. The lowest BCUT2D eigenvalue weighted by Crippen LogP contribution is -2.45. The van der Waals surface area contributed by atoms with Gasteiger partial charge in [0.15, 0.2) is 5.78 Å². The normalized spacial score (nSPS) is 16.1. The van der Waals surface area contributed by atoms with Gasteiger partial charge in [-0.15, -0.1) is 0 Å². The Hall–Kier alpha value is -2.48. The molecule has 1 saturated heterocycles. The summed E-state index contributed by atoms with van der Waals surface area (Å²) >= 11 is 0. The molecular formula is C15H14N2O3. The molecule has 102 valence electrons. The predicted octanol–water partition coefficient (Wildman–Crippen LogP) is 1.53. The Morgan fingerprint density at radius 1 is 1.25 bits per heavy atom. The van der Waals surface area contributed by atoms with E-state index in [4.69, 9.17) is 5.26 Å². The van der Waals surface area contributed by atoms with Crippen molar-refractivity contribution in [2.45, 2.75) is 19.8 Å². The Morgan fingerprint density at radius 3 is 2.30 bits per heavy atom. The minimum absolute atomic E-state index is 0.0382. The van der Waals surface area contributed by atoms with Crippen LogP contribution in [-0.4, -0.2) is 29.0 Å². The van der Waals surface area contributed by atoms with Crippen LogP contribution in [0.2, 0.25) is 0 Å². The summed E-state index contributed by atoms with van der Waals surface area (Å²) in [4.78, 5) is 36.7. The van der Waals surface area contributed by atoms with Crippen LogP contribution in [0.5, 0.6) is 0 Å². The molecule has 0 aromatic heterocycles. The van der Waals surface area contributed by atoms with Gasteiger partial charge in [-0.05, 0) is 18.1 Å². The zero-order chi connectivity index (χ0) is 14.7. The summed E-state index contributed by atoms with van der Waals surface area (Å²) in [7, 11) is 0. The second-order valence-electron chi connectivity index (χ2n) is 5.00. The zero-order valence-corrected chi connectivity index (χ0v) is 11.1. The number of nitrogens with zero attached hydrogens (tertiary/aromatic N) is 2. The fourth-order valence-corrected chi connectivity index (χ4v) is 2.17. The van der Waals surface area contributed by atoms with Crippen LogP contribution in [0.1, 0.15) is 35.7 Å². The smallest absolute Gasteiger partial charge is 0.229 e. The first-order valence-electron chi connectivity index (χ1n) is 6.38. The Bertz CT molecular complexity index is 581. The third kappa shape index (κ3) is 2.91. The van der Waals surface area contributed by atoms with E-state index < -0.39 is 0 Å². The molecule has 0 bridgehead atoms. The van der Waals surface area contributed by atoms with Crippen LogP contribution in [-0.2, 0) is 9.59 Å². The van der Waals surface area contributed by atoms with Crippen molar-refractivity contribution in [2.24, 2.45) is 5.92 Å². The van der Waals surface area contributed by atoms with Crippen molar-refractivity contribution in [2.75, 3.05) is 6.54 Å². The molecule has 2 rings (SSSR count). The summed E-state index contributed by atoms with van der Waals surface area (Å²) in [6.07, 6.45) is 0.596. The molecule has 0 atom stereocenters. The standard InChI is InChI=1S/C15H14N2O3/c1-10-6-14(19)17(15(20)7-10)9-13(18)12-4-2-11(8-16)3-5-12/h2-5,10H,6-7,9H2,1H3. The molecule has 0 spiro atoms. The highest BCUT2D eigenvalue weighted by Gasteiger charge is 2.31. The van der Waals surface area contributed by atoms with E-state index >= 15 is 0 Å². The molecule has 0 aliphatic carbocycles. The summed E-state index contributed by atoms with van der Waals surface area (Å²) in [5.74, 6) is -0.853. The molecule has 1 aromatic carbocycles. The molecule has 20 heavy (non-hydrogen) atoms. The van der Waals surface area contributed by atoms with E-state index in [0.717, 1.165) is 4.90 Å². The van der Waals surface area contributed by atoms with Gasteiger partial charge in [0.1, 0.15) is 0 Å². The largest absolute Gasteiger partial charge is 0.292 e. The average Bonchev–Trinajstić information content (AvgIpc) is 2.42. The van der Waals surface area contributed by atoms with Gasteiger partial charge in [-0.25, -0.2) is 0 Å². The first-order valence-corrected chi connectivity index (χ1v) is 6.38. The van der Waals surface area contributed by atoms with E-state index in [9.17, 15) is 14.4 Å². The number of carbonyl (C=O) groups excluding carboxylic acids is 3. The molecule has 0 N–H and O–H groups in total. The topological polar surface area (TPSA) is 78.2 Å². The van der Waals surface area contributed by atoms with Crippen molar-refractivity contribution >= 4 is 17.6 Å². The van der Waals surface area contributed by atoms with Crippen LogP contribution < -0.4 is 0 Å². The number of nitriles is 1. The van der Waals surface area contributed by atoms with E-state index in [-0.39, 0.29) is 30.1 Å². The third-order valence-electron chi connectivity index (χ3n) is 3.29. The lowest BCUT2D eigenvalue weighted by atomic mass is 9.97. The van der Waals surface area contributed by atoms with E-state index in [1.807, 2.05) is 13.0 Å². The lowest BCUT2D eigenvalue weighted by molar-refractivity contribution is -0.149. The fourth-order valence-electron chi connectivity index (χ4n) is 2.17. The maximum Gasteiger partial charge on any atom is 0.229 e. The number of likely N-dealkylation sites (tertiary alicyclic amines) is 1. The van der Waals surface area contributed by atoms with Gasteiger partial charge in [0.25, 0.3) is 0 Å². The molecule has 0 unspecified atom stereocenters. The number of rotatable bonds is 3. The number of hydrogen-bond acceptors (Lipinski definition) is 4. The maximum atomic E-state index is 12.1. The molecule has 1 heterocycles. The molecule has 5 heteroatoms. The third-order valence-corrected chi connectivity index (χ3v) is 3.29. The highest BCUT2D eigenvalue weighted by molar-refractivity contribution is 6.05. The highest BCUT2D eigenvalue weighted by atomic mass is 16.2. The first kappa shape index (κ1) is 13.9. The quantitative estimate of drug-likeness (QED) is 0.616. The van der Waals surface area contributed by atoms with Gasteiger partial charge in [0.2, 0.25) is 11.8 Å². The Labute approximate surface area is 116 Å². The lowest BCUT2D eigenvalue weighted by Gasteiger charge is -2.27. The highest BCUT2D eigenvalue weighted by Crippen LogP contribution is 2.19. The summed E-state index contributed by atoms with van der Waals surface area (Å²) in [5.41, 5.74) is 0.851. The number of hydrogen-bond donors (Lipinski definition) is 0. The minimum Gasteiger partial charge on any atom is -0.292 e. The number of imide groups is 1. The molecule has 1 fully saturated rings. The van der Waals surface area contributed by atoms with Crippen LogP contribution in [0.4, 0.5) is 0 Å². The van der Waals surface area contributed by atoms with Crippen molar-refractivity contribution in [3.8, 4) is 6.07 Å². The zero-order valence-electron chi connectivity index (χ0n) is 11.1. The summed E-state index contributed by atoms with van der Waals surface area (Å²) in [5, 5.41) is 8.69. The minimum atomic E-state index is -0.300. The molecule has 2 amide bonds. The molecule has 1 aliphatic rings. The van der Waals surface area contributed by atoms with Gasteiger partial charge in [0.05, 0.1) is 18.2 Å². The first-order chi connectivity index (χ1) is 9.51. The van der Waals surface area contributed by atoms with Gasteiger partial charge in [-0.2, -0.15) is 5.26 Å². The Morgan fingerprint density at radius 2 is 1.80 bits per heavy atom. The summed E-state index contributed by atoms with van der Waals surface area (Å²) in [6.45, 7) is 1.62. The maximum absolute atomic E-state index is 12.1. The Kier molecular flexibility index (Phi) is 3.94. The second-order valence-corrected chi connectivity index (χ2v) is 5.00. The summed E-state index contributed by atoms with van der Waals surface area (Å²) < 4.78 is 0. The van der Waals surface area contributed by atoms with Gasteiger partial charge >= 0.3 is 0 Å². The Balaban J connectivity index is 2.09. The molecule has 0 saturated carbocycles. The second kappa shape index (κ2) is 5.66. The molecule has 1 aromatic rings. The predicted molar refractivity (Wildman–Crippen MR) is 70.6 cm³/mol. The van der Waals surface area contributed by atoms with Crippen LogP contribution in [0.25, 0.3) is 0 Å². The monoisotopic (exact) mass is 270 g/mol. The number of benzene rings is 1. The van der Waals surface area contributed by atoms with Crippen molar-refractivity contribution in [1.82, 2.24) is 4.90 Å². The van der Waals surface area contributed by atoms with Gasteiger partial charge < -0.3 is 0 Å². The van der Waals surface area contributed by atoms with Crippen molar-refractivity contribution < 1.29 is 14.4 Å². The van der Waals surface area contributed by atoms with Gasteiger partial charge in [-0.1, -0.05) is 19.1 Å². The fraction of sp³-hybridized carbons (Fsp3) is 0.333. The SMILES string of the molecule is CC1CC(=O)N(CC(=O)c2ccc(C#N)cc2)C(=O)C1. The molecule has 5 nitrogen and oxygen atoms in total. The number of ketones is 1. The van der Waals surface area contributed by atoms with Crippen molar-refractivity contribution in [1.29, 1.82) is 5.26 Å². The van der Waals surface area contributed by atoms with Crippen LogP contribution in [0.15, 0.2) is 24.3 Å². The van der Waals surface area contributed by atoms with Crippen molar-refractivity contribution in [3.05, 3.63) is 35.4 Å². The van der Waals surface area contributed by atoms with E-state index in [0.29, 0.717) is 24.0 Å². The van der Waals surface area contributed by atoms with Gasteiger partial charge in [-0.3, -0.25) is 19.3 Å². The van der Waals surface area contributed by atoms with E-state index in [1.165, 1.54) is 24.3 Å². The summed E-state index contributed by atoms with van der Waals surface area (Å²) in [6, 6.07) is 8.10.